The van der Waals surface area contributed by atoms with Gasteiger partial charge in [-0.3, -0.25) is 4.90 Å². The standard InChI is InChI=1S/C23H40N4O3/c1-17(2)30-22(29)25-14-10-23(3,11-15-25)26-12-8-19(9-13-26)27-20-7-5-4-6-18(20)16-24-21(27)28/h17-20H,4-16H2,1-3H3,(H,24,28)/t18-,20+/m1/s1. The van der Waals surface area contributed by atoms with E-state index in [1.165, 1.54) is 25.7 Å². The van der Waals surface area contributed by atoms with Gasteiger partial charge in [0.25, 0.3) is 0 Å². The number of likely N-dealkylation sites (tertiary alicyclic amines) is 2. The second kappa shape index (κ2) is 8.93. The van der Waals surface area contributed by atoms with Crippen molar-refractivity contribution in [3.05, 3.63) is 0 Å². The van der Waals surface area contributed by atoms with Crippen molar-refractivity contribution in [1.82, 2.24) is 20.0 Å². The number of nitrogens with one attached hydrogen (secondary N) is 1. The Kier molecular flexibility index (Phi) is 6.47. The van der Waals surface area contributed by atoms with Crippen molar-refractivity contribution in [3.8, 4) is 0 Å². The van der Waals surface area contributed by atoms with E-state index in [1.807, 2.05) is 18.7 Å². The van der Waals surface area contributed by atoms with Crippen molar-refractivity contribution < 1.29 is 14.3 Å². The minimum absolute atomic E-state index is 0.0689. The number of carbonyl (C=O) groups is 2. The summed E-state index contributed by atoms with van der Waals surface area (Å²) in [5.74, 6) is 0.641. The Hall–Kier alpha value is -1.50. The molecule has 4 rings (SSSR count). The topological polar surface area (TPSA) is 65.1 Å². The van der Waals surface area contributed by atoms with Crippen LogP contribution in [-0.2, 0) is 4.74 Å². The average molecular weight is 421 g/mol. The molecule has 4 fully saturated rings. The summed E-state index contributed by atoms with van der Waals surface area (Å²) in [5.41, 5.74) is 0.136. The second-order valence-corrected chi connectivity index (χ2v) is 10.3. The summed E-state index contributed by atoms with van der Waals surface area (Å²) in [6.07, 6.45) is 8.85. The van der Waals surface area contributed by atoms with Crippen molar-refractivity contribution in [1.29, 1.82) is 0 Å². The molecule has 3 heterocycles. The van der Waals surface area contributed by atoms with Crippen LogP contribution in [0.4, 0.5) is 9.59 Å². The first kappa shape index (κ1) is 21.7. The first-order valence-electron chi connectivity index (χ1n) is 12.1. The highest BCUT2D eigenvalue weighted by atomic mass is 16.6. The molecule has 3 aliphatic heterocycles. The van der Waals surface area contributed by atoms with Gasteiger partial charge in [0.15, 0.2) is 0 Å². The normalized spacial score (nSPS) is 30.7. The van der Waals surface area contributed by atoms with E-state index in [2.05, 4.69) is 22.0 Å². The van der Waals surface area contributed by atoms with Gasteiger partial charge in [-0.1, -0.05) is 12.8 Å². The molecular formula is C23H40N4O3. The summed E-state index contributed by atoms with van der Waals surface area (Å²) < 4.78 is 5.37. The second-order valence-electron chi connectivity index (χ2n) is 10.3. The van der Waals surface area contributed by atoms with Crippen molar-refractivity contribution in [2.75, 3.05) is 32.7 Å². The molecule has 0 unspecified atom stereocenters. The van der Waals surface area contributed by atoms with Crippen LogP contribution in [0.1, 0.15) is 72.1 Å². The van der Waals surface area contributed by atoms with E-state index in [-0.39, 0.29) is 23.8 Å². The molecule has 1 saturated carbocycles. The van der Waals surface area contributed by atoms with Gasteiger partial charge in [0.2, 0.25) is 0 Å². The highest BCUT2D eigenvalue weighted by Gasteiger charge is 2.44. The Labute approximate surface area is 181 Å². The molecule has 3 saturated heterocycles. The lowest BCUT2D eigenvalue weighted by molar-refractivity contribution is -0.0127. The van der Waals surface area contributed by atoms with E-state index < -0.39 is 0 Å². The van der Waals surface area contributed by atoms with Gasteiger partial charge in [0.1, 0.15) is 0 Å². The molecule has 170 valence electrons. The molecule has 1 aliphatic carbocycles. The molecule has 0 bridgehead atoms. The minimum atomic E-state index is -0.177. The number of hydrogen-bond donors (Lipinski definition) is 1. The van der Waals surface area contributed by atoms with Crippen LogP contribution < -0.4 is 5.32 Å². The summed E-state index contributed by atoms with van der Waals surface area (Å²) in [4.78, 5) is 31.6. The number of ether oxygens (including phenoxy) is 1. The number of urea groups is 1. The molecular weight excluding hydrogens is 380 g/mol. The van der Waals surface area contributed by atoms with Gasteiger partial charge in [-0.05, 0) is 65.2 Å². The molecule has 0 aromatic carbocycles. The third kappa shape index (κ3) is 4.41. The highest BCUT2D eigenvalue weighted by Crippen LogP contribution is 2.36. The van der Waals surface area contributed by atoms with E-state index in [0.717, 1.165) is 58.4 Å². The predicted molar refractivity (Wildman–Crippen MR) is 116 cm³/mol. The zero-order chi connectivity index (χ0) is 21.3. The van der Waals surface area contributed by atoms with E-state index in [0.29, 0.717) is 18.0 Å². The van der Waals surface area contributed by atoms with Gasteiger partial charge >= 0.3 is 12.1 Å². The van der Waals surface area contributed by atoms with Crippen LogP contribution in [0.25, 0.3) is 0 Å². The van der Waals surface area contributed by atoms with E-state index in [1.54, 1.807) is 0 Å². The monoisotopic (exact) mass is 420 g/mol. The van der Waals surface area contributed by atoms with Gasteiger partial charge < -0.3 is 19.9 Å². The van der Waals surface area contributed by atoms with Crippen LogP contribution in [0.5, 0.6) is 0 Å². The summed E-state index contributed by atoms with van der Waals surface area (Å²) in [7, 11) is 0. The Morgan fingerprint density at radius 3 is 2.40 bits per heavy atom. The van der Waals surface area contributed by atoms with Gasteiger partial charge in [-0.15, -0.1) is 0 Å². The van der Waals surface area contributed by atoms with E-state index in [4.69, 9.17) is 4.74 Å². The molecule has 0 aromatic heterocycles. The molecule has 1 N–H and O–H groups in total. The Balaban J connectivity index is 1.31. The zero-order valence-electron chi connectivity index (χ0n) is 19.1. The molecule has 7 nitrogen and oxygen atoms in total. The zero-order valence-corrected chi connectivity index (χ0v) is 19.1. The van der Waals surface area contributed by atoms with Crippen molar-refractivity contribution in [3.63, 3.8) is 0 Å². The van der Waals surface area contributed by atoms with Crippen molar-refractivity contribution >= 4 is 12.1 Å². The fourth-order valence-electron chi connectivity index (χ4n) is 6.14. The first-order valence-corrected chi connectivity index (χ1v) is 12.1. The third-order valence-electron chi connectivity index (χ3n) is 8.03. The third-order valence-corrected chi connectivity index (χ3v) is 8.03. The molecule has 4 aliphatic rings. The van der Waals surface area contributed by atoms with Gasteiger partial charge in [-0.2, -0.15) is 0 Å². The molecule has 30 heavy (non-hydrogen) atoms. The number of carbonyl (C=O) groups excluding carboxylic acids is 2. The van der Waals surface area contributed by atoms with Gasteiger partial charge in [0.05, 0.1) is 6.10 Å². The van der Waals surface area contributed by atoms with Crippen LogP contribution in [-0.4, -0.2) is 83.3 Å². The maximum absolute atomic E-state index is 12.7. The molecule has 0 aromatic rings. The van der Waals surface area contributed by atoms with Crippen molar-refractivity contribution in [2.24, 2.45) is 5.92 Å². The van der Waals surface area contributed by atoms with Crippen LogP contribution in [0.15, 0.2) is 0 Å². The molecule has 7 heteroatoms. The van der Waals surface area contributed by atoms with Gasteiger partial charge in [0, 0.05) is 50.3 Å². The van der Waals surface area contributed by atoms with E-state index >= 15 is 0 Å². The smallest absolute Gasteiger partial charge is 0.410 e. The summed E-state index contributed by atoms with van der Waals surface area (Å²) >= 11 is 0. The first-order chi connectivity index (χ1) is 14.4. The predicted octanol–water partition coefficient (Wildman–Crippen LogP) is 3.43. The number of fused-ring (bicyclic) bond motifs is 1. The quantitative estimate of drug-likeness (QED) is 0.760. The lowest BCUT2D eigenvalue weighted by Gasteiger charge is -2.52. The summed E-state index contributed by atoms with van der Waals surface area (Å²) in [6, 6.07) is 0.992. The Bertz CT molecular complexity index is 624. The molecule has 0 radical (unpaired) electrons. The lowest BCUT2D eigenvalue weighted by Crippen LogP contribution is -2.64. The molecule has 3 amide bonds. The maximum Gasteiger partial charge on any atom is 0.410 e. The van der Waals surface area contributed by atoms with E-state index in [9.17, 15) is 9.59 Å². The van der Waals surface area contributed by atoms with Crippen LogP contribution in [0.3, 0.4) is 0 Å². The lowest BCUT2D eigenvalue weighted by atomic mass is 9.80. The van der Waals surface area contributed by atoms with Crippen molar-refractivity contribution in [2.45, 2.75) is 95.9 Å². The van der Waals surface area contributed by atoms with Crippen LogP contribution >= 0.6 is 0 Å². The minimum Gasteiger partial charge on any atom is -0.447 e. The number of piperidine rings is 2. The van der Waals surface area contributed by atoms with Gasteiger partial charge in [-0.25, -0.2) is 9.59 Å². The molecule has 2 atom stereocenters. The maximum atomic E-state index is 12.7. The fourth-order valence-corrected chi connectivity index (χ4v) is 6.14. The fraction of sp³-hybridized carbons (Fsp3) is 0.913. The highest BCUT2D eigenvalue weighted by molar-refractivity contribution is 5.76. The number of nitrogens with zero attached hydrogens (tertiary/aromatic N) is 3. The van der Waals surface area contributed by atoms with Crippen LogP contribution in [0, 0.1) is 5.92 Å². The van der Waals surface area contributed by atoms with Crippen LogP contribution in [0.2, 0.25) is 0 Å². The number of amides is 3. The average Bonchev–Trinajstić information content (AvgIpc) is 2.74. The largest absolute Gasteiger partial charge is 0.447 e. The Morgan fingerprint density at radius 1 is 1.07 bits per heavy atom. The number of hydrogen-bond acceptors (Lipinski definition) is 4. The number of rotatable bonds is 3. The SMILES string of the molecule is CC(C)OC(=O)N1CCC(C)(N2CCC(N3C(=O)NC[C@H]4CCCC[C@@H]43)CC2)CC1. The molecule has 0 spiro atoms. The summed E-state index contributed by atoms with van der Waals surface area (Å²) in [5, 5.41) is 3.16. The summed E-state index contributed by atoms with van der Waals surface area (Å²) in [6.45, 7) is 10.6. The Morgan fingerprint density at radius 2 is 1.73 bits per heavy atom.